The van der Waals surface area contributed by atoms with Gasteiger partial charge in [-0.15, -0.1) is 0 Å². The summed E-state index contributed by atoms with van der Waals surface area (Å²) in [6.45, 7) is 2.46. The third-order valence-electron chi connectivity index (χ3n) is 5.39. The number of benzene rings is 1. The van der Waals surface area contributed by atoms with Gasteiger partial charge < -0.3 is 9.47 Å². The monoisotopic (exact) mass is 368 g/mol. The van der Waals surface area contributed by atoms with Gasteiger partial charge in [-0.25, -0.2) is 9.97 Å². The highest BCUT2D eigenvalue weighted by Gasteiger charge is 2.25. The van der Waals surface area contributed by atoms with Crippen molar-refractivity contribution in [3.05, 3.63) is 83.7 Å². The van der Waals surface area contributed by atoms with Gasteiger partial charge in [0.15, 0.2) is 11.5 Å². The van der Waals surface area contributed by atoms with Crippen LogP contribution < -0.4 is 4.90 Å². The first kappa shape index (κ1) is 16.6. The van der Waals surface area contributed by atoms with Crippen LogP contribution >= 0.6 is 0 Å². The van der Waals surface area contributed by atoms with Crippen molar-refractivity contribution in [2.75, 3.05) is 11.4 Å². The summed E-state index contributed by atoms with van der Waals surface area (Å²) >= 11 is 0. The van der Waals surface area contributed by atoms with E-state index in [4.69, 9.17) is 4.98 Å². The van der Waals surface area contributed by atoms with Gasteiger partial charge in [0, 0.05) is 31.4 Å². The first-order valence-electron chi connectivity index (χ1n) is 9.52. The molecule has 0 saturated heterocycles. The quantitative estimate of drug-likeness (QED) is 0.555. The van der Waals surface area contributed by atoms with E-state index in [1.807, 2.05) is 41.2 Å². The van der Waals surface area contributed by atoms with E-state index in [0.29, 0.717) is 12.2 Å². The van der Waals surface area contributed by atoms with Crippen LogP contribution in [0.1, 0.15) is 22.6 Å². The van der Waals surface area contributed by atoms with Crippen LogP contribution in [-0.4, -0.2) is 25.5 Å². The predicted octanol–water partition coefficient (Wildman–Crippen LogP) is 3.21. The number of pyridine rings is 1. The van der Waals surface area contributed by atoms with E-state index in [-0.39, 0.29) is 0 Å². The molecule has 4 aromatic rings. The maximum Gasteiger partial charge on any atom is 0.169 e. The van der Waals surface area contributed by atoms with E-state index in [1.54, 1.807) is 0 Å². The molecule has 0 radical (unpaired) electrons. The summed E-state index contributed by atoms with van der Waals surface area (Å²) in [7, 11) is 0. The summed E-state index contributed by atoms with van der Waals surface area (Å²) in [6.07, 6.45) is 5.74. The molecule has 6 heteroatoms. The van der Waals surface area contributed by atoms with Crippen molar-refractivity contribution in [3.8, 4) is 6.07 Å². The van der Waals surface area contributed by atoms with Crippen molar-refractivity contribution in [2.24, 2.45) is 0 Å². The number of nitrogens with zero attached hydrogens (tertiary/aromatic N) is 6. The number of aromatic nitrogens is 4. The molecule has 0 spiro atoms. The van der Waals surface area contributed by atoms with Gasteiger partial charge in [0.1, 0.15) is 11.7 Å². The molecule has 0 atom stereocenters. The molecule has 5 rings (SSSR count). The number of fused-ring (bicyclic) bond motifs is 2. The number of imidazole rings is 2. The van der Waals surface area contributed by atoms with E-state index in [9.17, 15) is 5.26 Å². The second-order valence-corrected chi connectivity index (χ2v) is 7.06. The van der Waals surface area contributed by atoms with Gasteiger partial charge in [0.05, 0.1) is 18.6 Å². The predicted molar refractivity (Wildman–Crippen MR) is 107 cm³/mol. The Morgan fingerprint density at radius 3 is 2.79 bits per heavy atom. The lowest BCUT2D eigenvalue weighted by molar-refractivity contribution is 0.623. The van der Waals surface area contributed by atoms with Crippen molar-refractivity contribution < 1.29 is 0 Å². The summed E-state index contributed by atoms with van der Waals surface area (Å²) in [5, 5.41) is 9.66. The highest BCUT2D eigenvalue weighted by atomic mass is 15.3. The Morgan fingerprint density at radius 2 is 1.93 bits per heavy atom. The fourth-order valence-corrected chi connectivity index (χ4v) is 3.95. The number of anilines is 1. The molecule has 4 heterocycles. The van der Waals surface area contributed by atoms with Crippen LogP contribution in [0.15, 0.2) is 61.1 Å². The first-order valence-corrected chi connectivity index (χ1v) is 9.52. The van der Waals surface area contributed by atoms with Gasteiger partial charge in [-0.05, 0) is 24.1 Å². The van der Waals surface area contributed by atoms with Gasteiger partial charge in [-0.3, -0.25) is 4.40 Å². The van der Waals surface area contributed by atoms with Gasteiger partial charge >= 0.3 is 0 Å². The average molecular weight is 368 g/mol. The standard InChI is InChI=1S/C22H20N6/c23-14-20-22(25-21-8-4-5-11-28(20)21)26-13-10-19-18(15-26)24-16-27(19)12-9-17-6-2-1-3-7-17/h1-8,11,16H,9-10,12-13,15H2. The molecular weight excluding hydrogens is 348 g/mol. The fraction of sp³-hybridized carbons (Fsp3) is 0.227. The lowest BCUT2D eigenvalue weighted by atomic mass is 10.1. The summed E-state index contributed by atoms with van der Waals surface area (Å²) in [5.74, 6) is 0.748. The van der Waals surface area contributed by atoms with Crippen LogP contribution in [0.4, 0.5) is 5.82 Å². The minimum Gasteiger partial charge on any atom is -0.348 e. The molecule has 0 unspecified atom stereocenters. The summed E-state index contributed by atoms with van der Waals surface area (Å²) in [6, 6.07) is 18.6. The minimum absolute atomic E-state index is 0.586. The van der Waals surface area contributed by atoms with E-state index in [2.05, 4.69) is 44.8 Å². The SMILES string of the molecule is N#Cc1c(N2CCc3c(ncn3CCc3ccccc3)C2)nc2ccccn12. The Kier molecular flexibility index (Phi) is 4.06. The summed E-state index contributed by atoms with van der Waals surface area (Å²) in [5.41, 5.74) is 5.11. The Labute approximate surface area is 163 Å². The molecule has 1 aliphatic rings. The Morgan fingerprint density at radius 1 is 1.07 bits per heavy atom. The lowest BCUT2D eigenvalue weighted by Gasteiger charge is -2.27. The zero-order chi connectivity index (χ0) is 18.9. The smallest absolute Gasteiger partial charge is 0.169 e. The highest BCUT2D eigenvalue weighted by Crippen LogP contribution is 2.27. The molecule has 0 N–H and O–H groups in total. The Balaban J connectivity index is 1.38. The Hall–Kier alpha value is -3.59. The Bertz CT molecular complexity index is 1160. The summed E-state index contributed by atoms with van der Waals surface area (Å²) < 4.78 is 4.12. The average Bonchev–Trinajstić information content (AvgIpc) is 3.33. The zero-order valence-corrected chi connectivity index (χ0v) is 15.5. The second kappa shape index (κ2) is 6.86. The molecule has 138 valence electrons. The van der Waals surface area contributed by atoms with Crippen LogP contribution in [0.2, 0.25) is 0 Å². The van der Waals surface area contributed by atoms with Crippen LogP contribution in [0.5, 0.6) is 0 Å². The second-order valence-electron chi connectivity index (χ2n) is 7.06. The van der Waals surface area contributed by atoms with Gasteiger partial charge in [0.25, 0.3) is 0 Å². The number of nitriles is 1. The van der Waals surface area contributed by atoms with Crippen molar-refractivity contribution in [3.63, 3.8) is 0 Å². The minimum atomic E-state index is 0.586. The lowest BCUT2D eigenvalue weighted by Crippen LogP contribution is -2.32. The maximum absolute atomic E-state index is 9.66. The zero-order valence-electron chi connectivity index (χ0n) is 15.5. The molecule has 0 amide bonds. The van der Waals surface area contributed by atoms with Crippen LogP contribution in [0, 0.1) is 11.3 Å². The highest BCUT2D eigenvalue weighted by molar-refractivity contribution is 5.61. The molecule has 28 heavy (non-hydrogen) atoms. The topological polar surface area (TPSA) is 62.2 Å². The van der Waals surface area contributed by atoms with E-state index in [1.165, 1.54) is 11.3 Å². The normalized spacial score (nSPS) is 13.5. The number of aryl methyl sites for hydroxylation is 2. The summed E-state index contributed by atoms with van der Waals surface area (Å²) in [4.78, 5) is 11.5. The molecule has 3 aromatic heterocycles. The van der Waals surface area contributed by atoms with E-state index in [0.717, 1.165) is 43.1 Å². The molecule has 1 aromatic carbocycles. The van der Waals surface area contributed by atoms with Crippen LogP contribution in [0.25, 0.3) is 5.65 Å². The molecule has 0 bridgehead atoms. The van der Waals surface area contributed by atoms with Crippen molar-refractivity contribution >= 4 is 11.5 Å². The molecule has 6 nitrogen and oxygen atoms in total. The van der Waals surface area contributed by atoms with Crippen molar-refractivity contribution in [1.29, 1.82) is 5.26 Å². The molecular formula is C22H20N6. The number of hydrogen-bond acceptors (Lipinski definition) is 4. The molecule has 0 saturated carbocycles. The van der Waals surface area contributed by atoms with E-state index >= 15 is 0 Å². The van der Waals surface area contributed by atoms with Crippen molar-refractivity contribution in [1.82, 2.24) is 18.9 Å². The number of hydrogen-bond donors (Lipinski definition) is 0. The third kappa shape index (κ3) is 2.81. The molecule has 1 aliphatic heterocycles. The van der Waals surface area contributed by atoms with Gasteiger partial charge in [0.2, 0.25) is 0 Å². The molecule has 0 fully saturated rings. The van der Waals surface area contributed by atoms with Crippen molar-refractivity contribution in [2.45, 2.75) is 25.9 Å². The largest absolute Gasteiger partial charge is 0.348 e. The number of rotatable bonds is 4. The third-order valence-corrected chi connectivity index (χ3v) is 5.39. The fourth-order valence-electron chi connectivity index (χ4n) is 3.95. The van der Waals surface area contributed by atoms with Gasteiger partial charge in [-0.1, -0.05) is 36.4 Å². The first-order chi connectivity index (χ1) is 13.8. The molecule has 0 aliphatic carbocycles. The maximum atomic E-state index is 9.66. The van der Waals surface area contributed by atoms with Crippen LogP contribution in [0.3, 0.4) is 0 Å². The van der Waals surface area contributed by atoms with Gasteiger partial charge in [-0.2, -0.15) is 5.26 Å². The van der Waals surface area contributed by atoms with Crippen LogP contribution in [-0.2, 0) is 25.9 Å². The van der Waals surface area contributed by atoms with E-state index < -0.39 is 0 Å².